The molecule has 30 heavy (non-hydrogen) atoms. The molecule has 1 aliphatic rings. The summed E-state index contributed by atoms with van der Waals surface area (Å²) >= 11 is 0. The highest BCUT2D eigenvalue weighted by Crippen LogP contribution is 2.34. The molecule has 4 rings (SSSR count). The van der Waals surface area contributed by atoms with Crippen molar-refractivity contribution in [3.63, 3.8) is 0 Å². The van der Waals surface area contributed by atoms with Crippen molar-refractivity contribution in [2.24, 2.45) is 0 Å². The van der Waals surface area contributed by atoms with Gasteiger partial charge in [-0.3, -0.25) is 0 Å². The lowest BCUT2D eigenvalue weighted by atomic mass is 9.86. The summed E-state index contributed by atoms with van der Waals surface area (Å²) in [6.07, 6.45) is 2.01. The van der Waals surface area contributed by atoms with Gasteiger partial charge in [0.25, 0.3) is 0 Å². The van der Waals surface area contributed by atoms with Gasteiger partial charge in [-0.25, -0.2) is 13.6 Å². The van der Waals surface area contributed by atoms with E-state index in [2.05, 4.69) is 54.9 Å². The molecule has 2 heterocycles. The Hall–Kier alpha value is -3.15. The molecule has 3 aromatic rings. The van der Waals surface area contributed by atoms with Crippen LogP contribution in [-0.4, -0.2) is 22.0 Å². The molecular weight excluding hydrogens is 384 g/mol. The minimum atomic E-state index is -0.991. The Morgan fingerprint density at radius 2 is 1.73 bits per heavy atom. The number of nitrogens with zero attached hydrogens (tertiary/aromatic N) is 2. The number of carbonyl (C=O) groups excluding carboxylic acids is 1. The van der Waals surface area contributed by atoms with E-state index in [1.807, 2.05) is 18.3 Å². The van der Waals surface area contributed by atoms with Crippen molar-refractivity contribution < 1.29 is 13.6 Å². The summed E-state index contributed by atoms with van der Waals surface area (Å²) < 4.78 is 28.9. The first-order valence-electron chi connectivity index (χ1n) is 10.0. The zero-order valence-electron chi connectivity index (χ0n) is 17.3. The third-order valence-electron chi connectivity index (χ3n) is 5.56. The molecule has 0 spiro atoms. The summed E-state index contributed by atoms with van der Waals surface area (Å²) in [5.74, 6) is -1.93. The van der Waals surface area contributed by atoms with Crippen LogP contribution in [0.25, 0.3) is 0 Å². The van der Waals surface area contributed by atoms with E-state index in [4.69, 9.17) is 0 Å². The zero-order chi connectivity index (χ0) is 21.5. The Balaban J connectivity index is 1.66. The second kappa shape index (κ2) is 7.59. The predicted molar refractivity (Wildman–Crippen MR) is 113 cm³/mol. The average molecular weight is 409 g/mol. The highest BCUT2D eigenvalue weighted by atomic mass is 19.2. The number of urea groups is 1. The van der Waals surface area contributed by atoms with Gasteiger partial charge in [-0.2, -0.15) is 0 Å². The molecule has 1 aliphatic heterocycles. The van der Waals surface area contributed by atoms with Crippen LogP contribution in [0, 0.1) is 11.6 Å². The summed E-state index contributed by atoms with van der Waals surface area (Å²) in [5, 5.41) is 2.71. The van der Waals surface area contributed by atoms with Crippen molar-refractivity contribution in [2.45, 2.75) is 38.8 Å². The molecule has 1 aromatic heterocycles. The molecule has 0 saturated carbocycles. The number of anilines is 1. The molecule has 0 fully saturated rings. The molecule has 1 N–H and O–H groups in total. The van der Waals surface area contributed by atoms with E-state index < -0.39 is 11.6 Å². The van der Waals surface area contributed by atoms with Crippen LogP contribution >= 0.6 is 0 Å². The summed E-state index contributed by atoms with van der Waals surface area (Å²) in [6, 6.07) is 15.1. The molecule has 2 amide bonds. The number of fused-ring (bicyclic) bond motifs is 1. The van der Waals surface area contributed by atoms with Gasteiger partial charge in [0.1, 0.15) is 0 Å². The highest BCUT2D eigenvalue weighted by Gasteiger charge is 2.32. The molecule has 2 aromatic carbocycles. The molecular formula is C24H25F2N3O. The number of halogens is 2. The number of nitrogens with one attached hydrogen (secondary N) is 1. The molecule has 0 bridgehead atoms. The van der Waals surface area contributed by atoms with E-state index in [1.165, 1.54) is 11.6 Å². The van der Waals surface area contributed by atoms with Crippen LogP contribution in [0.1, 0.15) is 43.6 Å². The van der Waals surface area contributed by atoms with Crippen molar-refractivity contribution in [3.8, 4) is 0 Å². The van der Waals surface area contributed by atoms with Crippen LogP contribution in [0.4, 0.5) is 19.3 Å². The van der Waals surface area contributed by atoms with Crippen molar-refractivity contribution in [2.75, 3.05) is 11.9 Å². The van der Waals surface area contributed by atoms with Crippen LogP contribution in [-0.2, 0) is 12.0 Å². The quantitative estimate of drug-likeness (QED) is 0.579. The van der Waals surface area contributed by atoms with Gasteiger partial charge < -0.3 is 14.8 Å². The number of benzene rings is 2. The summed E-state index contributed by atoms with van der Waals surface area (Å²) in [4.78, 5) is 14.8. The van der Waals surface area contributed by atoms with E-state index in [0.717, 1.165) is 23.4 Å². The standard InChI is InChI=1S/C24H25F2N3O/c1-24(2,3)17-8-6-16(7-9-17)22-21-5-4-12-28(21)13-14-29(22)23(30)27-18-10-11-19(25)20(26)15-18/h4-12,15,22H,13-14H2,1-3H3,(H,27,30)/t22-/m0/s1. The second-order valence-electron chi connectivity index (χ2n) is 8.65. The minimum Gasteiger partial charge on any atom is -0.348 e. The van der Waals surface area contributed by atoms with Crippen LogP contribution in [0.15, 0.2) is 60.8 Å². The van der Waals surface area contributed by atoms with E-state index in [9.17, 15) is 13.6 Å². The van der Waals surface area contributed by atoms with Gasteiger partial charge in [-0.05, 0) is 40.8 Å². The summed E-state index contributed by atoms with van der Waals surface area (Å²) in [7, 11) is 0. The van der Waals surface area contributed by atoms with Crippen molar-refractivity contribution in [1.29, 1.82) is 0 Å². The highest BCUT2D eigenvalue weighted by molar-refractivity contribution is 5.90. The lowest BCUT2D eigenvalue weighted by Crippen LogP contribution is -2.44. The van der Waals surface area contributed by atoms with Crippen molar-refractivity contribution in [1.82, 2.24) is 9.47 Å². The van der Waals surface area contributed by atoms with E-state index in [0.29, 0.717) is 13.1 Å². The van der Waals surface area contributed by atoms with Gasteiger partial charge in [0.2, 0.25) is 0 Å². The lowest BCUT2D eigenvalue weighted by Gasteiger charge is -2.37. The second-order valence-corrected chi connectivity index (χ2v) is 8.65. The number of carbonyl (C=O) groups is 1. The van der Waals surface area contributed by atoms with Crippen LogP contribution in [0.5, 0.6) is 0 Å². The smallest absolute Gasteiger partial charge is 0.322 e. The third kappa shape index (κ3) is 3.82. The van der Waals surface area contributed by atoms with Crippen LogP contribution in [0.2, 0.25) is 0 Å². The topological polar surface area (TPSA) is 37.3 Å². The van der Waals surface area contributed by atoms with Gasteiger partial charge >= 0.3 is 6.03 Å². The molecule has 156 valence electrons. The molecule has 0 saturated heterocycles. The maximum atomic E-state index is 13.6. The Morgan fingerprint density at radius 1 is 1.00 bits per heavy atom. The van der Waals surface area contributed by atoms with Crippen molar-refractivity contribution >= 4 is 11.7 Å². The Bertz CT molecular complexity index is 1070. The fourth-order valence-corrected chi connectivity index (χ4v) is 3.89. The lowest BCUT2D eigenvalue weighted by molar-refractivity contribution is 0.182. The average Bonchev–Trinajstić information content (AvgIpc) is 3.18. The first-order valence-corrected chi connectivity index (χ1v) is 10.0. The molecule has 1 atom stereocenters. The van der Waals surface area contributed by atoms with Gasteiger partial charge in [-0.1, -0.05) is 45.0 Å². The number of rotatable bonds is 2. The first-order chi connectivity index (χ1) is 14.2. The van der Waals surface area contributed by atoms with Gasteiger partial charge in [0, 0.05) is 36.7 Å². The number of amides is 2. The zero-order valence-corrected chi connectivity index (χ0v) is 17.3. The molecule has 0 radical (unpaired) electrons. The molecule has 0 unspecified atom stereocenters. The van der Waals surface area contributed by atoms with Gasteiger partial charge in [0.15, 0.2) is 11.6 Å². The Morgan fingerprint density at radius 3 is 2.40 bits per heavy atom. The van der Waals surface area contributed by atoms with E-state index >= 15 is 0 Å². The van der Waals surface area contributed by atoms with Gasteiger partial charge in [0.05, 0.1) is 6.04 Å². The Kier molecular flexibility index (Phi) is 5.10. The third-order valence-corrected chi connectivity index (χ3v) is 5.56. The Labute approximate surface area is 175 Å². The fraction of sp³-hybridized carbons (Fsp3) is 0.292. The van der Waals surface area contributed by atoms with Crippen LogP contribution in [0.3, 0.4) is 0 Å². The maximum absolute atomic E-state index is 13.6. The van der Waals surface area contributed by atoms with E-state index in [-0.39, 0.29) is 23.2 Å². The number of aromatic nitrogens is 1. The summed E-state index contributed by atoms with van der Waals surface area (Å²) in [5.41, 5.74) is 3.50. The number of hydrogen-bond acceptors (Lipinski definition) is 1. The van der Waals surface area contributed by atoms with Crippen LogP contribution < -0.4 is 5.32 Å². The minimum absolute atomic E-state index is 0.0367. The van der Waals surface area contributed by atoms with E-state index in [1.54, 1.807) is 4.90 Å². The molecule has 6 heteroatoms. The SMILES string of the molecule is CC(C)(C)c1ccc([C@H]2c3cccn3CCN2C(=O)Nc2ccc(F)c(F)c2)cc1. The predicted octanol–water partition coefficient (Wildman–Crippen LogP) is 5.70. The largest absolute Gasteiger partial charge is 0.348 e. The number of hydrogen-bond donors (Lipinski definition) is 1. The first kappa shape index (κ1) is 20.1. The monoisotopic (exact) mass is 409 g/mol. The van der Waals surface area contributed by atoms with Gasteiger partial charge in [-0.15, -0.1) is 0 Å². The molecule has 4 nitrogen and oxygen atoms in total. The normalized spacial score (nSPS) is 16.3. The molecule has 0 aliphatic carbocycles. The maximum Gasteiger partial charge on any atom is 0.322 e. The fourth-order valence-electron chi connectivity index (χ4n) is 3.89. The summed E-state index contributed by atoms with van der Waals surface area (Å²) in [6.45, 7) is 7.66. The van der Waals surface area contributed by atoms with Crippen molar-refractivity contribution in [3.05, 3.63) is 89.2 Å².